The Morgan fingerprint density at radius 1 is 1.05 bits per heavy atom. The quantitative estimate of drug-likeness (QED) is 0.792. The molecule has 1 saturated heterocycles. The summed E-state index contributed by atoms with van der Waals surface area (Å²) in [6.45, 7) is 3.28. The molecule has 1 fully saturated rings. The summed E-state index contributed by atoms with van der Waals surface area (Å²) in [6.07, 6.45) is 6.56. The molecule has 0 atom stereocenters. The topological polar surface area (TPSA) is 31.9 Å². The van der Waals surface area contributed by atoms with E-state index in [0.29, 0.717) is 5.92 Å². The molecule has 4 rings (SSSR count). The van der Waals surface area contributed by atoms with E-state index in [4.69, 9.17) is 0 Å². The molecular formula is C19H21N3. The van der Waals surface area contributed by atoms with Gasteiger partial charge in [-0.1, -0.05) is 24.3 Å². The third-order valence-corrected chi connectivity index (χ3v) is 4.76. The number of piperidine rings is 1. The Bertz CT molecular complexity index is 739. The first-order valence-corrected chi connectivity index (χ1v) is 8.08. The zero-order valence-corrected chi connectivity index (χ0v) is 12.7. The lowest BCUT2D eigenvalue weighted by atomic mass is 9.89. The Morgan fingerprint density at radius 2 is 1.86 bits per heavy atom. The Kier molecular flexibility index (Phi) is 3.65. The second-order valence-electron chi connectivity index (χ2n) is 6.16. The van der Waals surface area contributed by atoms with Crippen molar-refractivity contribution < 1.29 is 0 Å². The number of aromatic amines is 1. The van der Waals surface area contributed by atoms with Crippen LogP contribution in [0.1, 0.15) is 30.0 Å². The molecule has 3 heterocycles. The zero-order valence-electron chi connectivity index (χ0n) is 12.7. The third-order valence-electron chi connectivity index (χ3n) is 4.76. The van der Waals surface area contributed by atoms with Gasteiger partial charge in [-0.15, -0.1) is 0 Å². The van der Waals surface area contributed by atoms with Crippen LogP contribution in [-0.2, 0) is 6.54 Å². The summed E-state index contributed by atoms with van der Waals surface area (Å²) in [4.78, 5) is 10.4. The molecule has 0 saturated carbocycles. The highest BCUT2D eigenvalue weighted by Gasteiger charge is 2.22. The van der Waals surface area contributed by atoms with Crippen molar-refractivity contribution in [3.05, 3.63) is 66.1 Å². The van der Waals surface area contributed by atoms with Gasteiger partial charge in [0, 0.05) is 29.8 Å². The number of hydrogen-bond donors (Lipinski definition) is 1. The van der Waals surface area contributed by atoms with Gasteiger partial charge >= 0.3 is 0 Å². The molecule has 1 aromatic carbocycles. The number of fused-ring (bicyclic) bond motifs is 1. The summed E-state index contributed by atoms with van der Waals surface area (Å²) in [5.74, 6) is 0.677. The highest BCUT2D eigenvalue weighted by atomic mass is 15.1. The molecule has 0 spiro atoms. The van der Waals surface area contributed by atoms with Crippen molar-refractivity contribution in [3.63, 3.8) is 0 Å². The molecule has 0 radical (unpaired) electrons. The van der Waals surface area contributed by atoms with E-state index in [1.807, 2.05) is 12.3 Å². The maximum Gasteiger partial charge on any atom is 0.0543 e. The lowest BCUT2D eigenvalue weighted by molar-refractivity contribution is 0.203. The Balaban J connectivity index is 1.43. The molecular weight excluding hydrogens is 270 g/mol. The largest absolute Gasteiger partial charge is 0.361 e. The van der Waals surface area contributed by atoms with Crippen molar-refractivity contribution in [2.75, 3.05) is 13.1 Å². The van der Waals surface area contributed by atoms with Crippen molar-refractivity contribution in [2.24, 2.45) is 0 Å². The molecule has 3 aromatic rings. The van der Waals surface area contributed by atoms with E-state index >= 15 is 0 Å². The van der Waals surface area contributed by atoms with Crippen LogP contribution in [0, 0.1) is 0 Å². The third kappa shape index (κ3) is 2.64. The fourth-order valence-electron chi connectivity index (χ4n) is 3.55. The van der Waals surface area contributed by atoms with Crippen LogP contribution < -0.4 is 0 Å². The number of nitrogens with one attached hydrogen (secondary N) is 1. The minimum Gasteiger partial charge on any atom is -0.361 e. The summed E-state index contributed by atoms with van der Waals surface area (Å²) >= 11 is 0. The van der Waals surface area contributed by atoms with E-state index in [0.717, 1.165) is 19.6 Å². The van der Waals surface area contributed by atoms with E-state index in [1.54, 1.807) is 0 Å². The number of benzene rings is 1. The number of likely N-dealkylation sites (tertiary alicyclic amines) is 1. The maximum atomic E-state index is 4.44. The molecule has 3 heteroatoms. The minimum absolute atomic E-state index is 0.677. The number of aromatic nitrogens is 2. The van der Waals surface area contributed by atoms with Crippen LogP contribution in [0.3, 0.4) is 0 Å². The van der Waals surface area contributed by atoms with Gasteiger partial charge in [0.1, 0.15) is 0 Å². The molecule has 0 bridgehead atoms. The van der Waals surface area contributed by atoms with Crippen LogP contribution in [0.15, 0.2) is 54.9 Å². The molecule has 0 amide bonds. The summed E-state index contributed by atoms with van der Waals surface area (Å²) < 4.78 is 0. The fourth-order valence-corrected chi connectivity index (χ4v) is 3.55. The number of nitrogens with zero attached hydrogens (tertiary/aromatic N) is 2. The van der Waals surface area contributed by atoms with Gasteiger partial charge < -0.3 is 4.98 Å². The number of para-hydroxylation sites is 1. The van der Waals surface area contributed by atoms with Gasteiger partial charge in [-0.3, -0.25) is 9.88 Å². The molecule has 0 aliphatic carbocycles. The van der Waals surface area contributed by atoms with E-state index in [1.165, 1.54) is 35.0 Å². The normalized spacial score (nSPS) is 17.1. The smallest absolute Gasteiger partial charge is 0.0543 e. The Morgan fingerprint density at radius 3 is 2.68 bits per heavy atom. The van der Waals surface area contributed by atoms with Crippen molar-refractivity contribution in [1.82, 2.24) is 14.9 Å². The minimum atomic E-state index is 0.677. The van der Waals surface area contributed by atoms with E-state index < -0.39 is 0 Å². The lowest BCUT2D eigenvalue weighted by Gasteiger charge is -2.31. The van der Waals surface area contributed by atoms with Gasteiger partial charge in [-0.25, -0.2) is 0 Å². The van der Waals surface area contributed by atoms with Crippen LogP contribution >= 0.6 is 0 Å². The van der Waals surface area contributed by atoms with Gasteiger partial charge in [0.15, 0.2) is 0 Å². The zero-order chi connectivity index (χ0) is 14.8. The van der Waals surface area contributed by atoms with Crippen LogP contribution in [0.5, 0.6) is 0 Å². The molecule has 22 heavy (non-hydrogen) atoms. The van der Waals surface area contributed by atoms with Crippen LogP contribution in [0.25, 0.3) is 10.9 Å². The van der Waals surface area contributed by atoms with Gasteiger partial charge in [-0.2, -0.15) is 0 Å². The molecule has 2 aromatic heterocycles. The number of H-pyrrole nitrogens is 1. The maximum absolute atomic E-state index is 4.44. The molecule has 3 nitrogen and oxygen atoms in total. The average Bonchev–Trinajstić information content (AvgIpc) is 3.01. The van der Waals surface area contributed by atoms with Gasteiger partial charge in [0.2, 0.25) is 0 Å². The SMILES string of the molecule is c1ccc(CN2CCC(c3c[nH]c4ccccc34)CC2)nc1. The van der Waals surface area contributed by atoms with Crippen LogP contribution in [0.2, 0.25) is 0 Å². The Labute approximate surface area is 131 Å². The molecule has 1 aliphatic rings. The number of pyridine rings is 1. The predicted octanol–water partition coefficient (Wildman–Crippen LogP) is 3.94. The first-order valence-electron chi connectivity index (χ1n) is 8.08. The fraction of sp³-hybridized carbons (Fsp3) is 0.316. The first-order chi connectivity index (χ1) is 10.9. The highest BCUT2D eigenvalue weighted by molar-refractivity contribution is 5.83. The van der Waals surface area contributed by atoms with Crippen LogP contribution in [0.4, 0.5) is 0 Å². The second-order valence-corrected chi connectivity index (χ2v) is 6.16. The molecule has 112 valence electrons. The van der Waals surface area contributed by atoms with E-state index in [-0.39, 0.29) is 0 Å². The van der Waals surface area contributed by atoms with Crippen LogP contribution in [-0.4, -0.2) is 28.0 Å². The van der Waals surface area contributed by atoms with Crippen molar-refractivity contribution in [1.29, 1.82) is 0 Å². The highest BCUT2D eigenvalue weighted by Crippen LogP contribution is 2.33. The molecule has 1 aliphatic heterocycles. The first kappa shape index (κ1) is 13.5. The number of hydrogen-bond acceptors (Lipinski definition) is 2. The summed E-state index contributed by atoms with van der Waals surface area (Å²) in [6, 6.07) is 14.8. The monoisotopic (exact) mass is 291 g/mol. The van der Waals surface area contributed by atoms with E-state index in [9.17, 15) is 0 Å². The van der Waals surface area contributed by atoms with Crippen molar-refractivity contribution in [2.45, 2.75) is 25.3 Å². The van der Waals surface area contributed by atoms with Gasteiger partial charge in [0.25, 0.3) is 0 Å². The molecule has 0 unspecified atom stereocenters. The number of rotatable bonds is 3. The standard InChI is InChI=1S/C19H21N3/c1-2-7-19-17(6-1)18(13-21-19)15-8-11-22(12-9-15)14-16-5-3-4-10-20-16/h1-7,10,13,15,21H,8-9,11-12,14H2. The van der Waals surface area contributed by atoms with Gasteiger partial charge in [-0.05, 0) is 55.6 Å². The Hall–Kier alpha value is -2.13. The average molecular weight is 291 g/mol. The molecule has 1 N–H and O–H groups in total. The second kappa shape index (κ2) is 5.93. The summed E-state index contributed by atoms with van der Waals surface area (Å²) in [5.41, 5.74) is 3.93. The summed E-state index contributed by atoms with van der Waals surface area (Å²) in [7, 11) is 0. The lowest BCUT2D eigenvalue weighted by Crippen LogP contribution is -2.32. The van der Waals surface area contributed by atoms with Gasteiger partial charge in [0.05, 0.1) is 5.69 Å². The van der Waals surface area contributed by atoms with Crippen molar-refractivity contribution >= 4 is 10.9 Å². The van der Waals surface area contributed by atoms with Crippen molar-refractivity contribution in [3.8, 4) is 0 Å². The van der Waals surface area contributed by atoms with E-state index in [2.05, 4.69) is 57.5 Å². The predicted molar refractivity (Wildman–Crippen MR) is 89.8 cm³/mol. The summed E-state index contributed by atoms with van der Waals surface area (Å²) in [5, 5.41) is 1.39.